The summed E-state index contributed by atoms with van der Waals surface area (Å²) >= 11 is 0. The Bertz CT molecular complexity index is 643. The molecule has 0 radical (unpaired) electrons. The molecule has 0 spiro atoms. The van der Waals surface area contributed by atoms with Crippen LogP contribution in [-0.2, 0) is 4.79 Å². The van der Waals surface area contributed by atoms with Crippen molar-refractivity contribution in [3.63, 3.8) is 0 Å². The van der Waals surface area contributed by atoms with Gasteiger partial charge in [-0.1, -0.05) is 19.3 Å². The Morgan fingerprint density at radius 3 is 2.62 bits per heavy atom. The van der Waals surface area contributed by atoms with E-state index in [0.29, 0.717) is 17.2 Å². The van der Waals surface area contributed by atoms with E-state index < -0.39 is 0 Å². The minimum Gasteiger partial charge on any atom is -0.497 e. The molecule has 1 fully saturated rings. The van der Waals surface area contributed by atoms with Gasteiger partial charge in [-0.15, -0.1) is 0 Å². The topological polar surface area (TPSA) is 83.4 Å². The number of hydrogen-bond acceptors (Lipinski definition) is 5. The number of carbonyl (C=O) groups is 1. The van der Waals surface area contributed by atoms with Crippen LogP contribution in [0.1, 0.15) is 32.1 Å². The molecule has 1 aromatic rings. The van der Waals surface area contributed by atoms with E-state index in [1.54, 1.807) is 32.4 Å². The van der Waals surface area contributed by atoms with E-state index in [0.717, 1.165) is 25.7 Å². The number of carbonyl (C=O) groups excluding carboxylic acids is 1. The van der Waals surface area contributed by atoms with Crippen molar-refractivity contribution >= 4 is 11.6 Å². The van der Waals surface area contributed by atoms with Crippen LogP contribution in [0.15, 0.2) is 30.0 Å². The van der Waals surface area contributed by atoms with Crippen molar-refractivity contribution < 1.29 is 14.3 Å². The Hall–Kier alpha value is -2.68. The second kappa shape index (κ2) is 8.82. The molecular formula is C18H23N3O3. The maximum Gasteiger partial charge on any atom is 0.263 e. The number of anilines is 1. The fraction of sp³-hybridized carbons (Fsp3) is 0.444. The highest BCUT2D eigenvalue weighted by Gasteiger charge is 2.18. The molecule has 6 heteroatoms. The lowest BCUT2D eigenvalue weighted by Gasteiger charge is -2.22. The normalized spacial score (nSPS) is 15.3. The minimum atomic E-state index is -0.348. The Labute approximate surface area is 142 Å². The van der Waals surface area contributed by atoms with Gasteiger partial charge in [-0.3, -0.25) is 4.79 Å². The molecule has 2 rings (SSSR count). The molecule has 1 saturated carbocycles. The van der Waals surface area contributed by atoms with Gasteiger partial charge in [0, 0.05) is 18.3 Å². The van der Waals surface area contributed by atoms with Crippen molar-refractivity contribution in [2.24, 2.45) is 0 Å². The summed E-state index contributed by atoms with van der Waals surface area (Å²) in [6, 6.07) is 7.37. The number of nitrogens with one attached hydrogen (secondary N) is 2. The summed E-state index contributed by atoms with van der Waals surface area (Å²) in [5, 5.41) is 15.1. The predicted molar refractivity (Wildman–Crippen MR) is 91.9 cm³/mol. The van der Waals surface area contributed by atoms with Crippen molar-refractivity contribution in [1.29, 1.82) is 5.26 Å². The standard InChI is InChI=1S/C18H23N3O3/c1-23-15-8-9-17(24-2)16(10-15)20-12-13(11-19)18(22)21-14-6-4-3-5-7-14/h8-10,12,14,20H,3-7H2,1-2H3,(H,21,22)/b13-12-. The van der Waals surface area contributed by atoms with E-state index in [-0.39, 0.29) is 17.5 Å². The van der Waals surface area contributed by atoms with Gasteiger partial charge < -0.3 is 20.1 Å². The third-order valence-corrected chi connectivity index (χ3v) is 4.08. The number of hydrogen-bond donors (Lipinski definition) is 2. The molecular weight excluding hydrogens is 306 g/mol. The van der Waals surface area contributed by atoms with E-state index in [1.165, 1.54) is 12.6 Å². The number of rotatable bonds is 6. The highest BCUT2D eigenvalue weighted by atomic mass is 16.5. The van der Waals surface area contributed by atoms with Gasteiger partial charge in [0.05, 0.1) is 19.9 Å². The van der Waals surface area contributed by atoms with Gasteiger partial charge in [0.25, 0.3) is 5.91 Å². The molecule has 0 heterocycles. The summed E-state index contributed by atoms with van der Waals surface area (Å²) in [7, 11) is 3.12. The lowest BCUT2D eigenvalue weighted by Crippen LogP contribution is -2.37. The molecule has 0 aliphatic heterocycles. The van der Waals surface area contributed by atoms with Crippen molar-refractivity contribution in [3.05, 3.63) is 30.0 Å². The molecule has 0 aromatic heterocycles. The van der Waals surface area contributed by atoms with Gasteiger partial charge >= 0.3 is 0 Å². The summed E-state index contributed by atoms with van der Waals surface area (Å²) in [4.78, 5) is 12.2. The highest BCUT2D eigenvalue weighted by molar-refractivity contribution is 5.97. The third kappa shape index (κ3) is 4.66. The second-order valence-electron chi connectivity index (χ2n) is 5.69. The maximum absolute atomic E-state index is 12.2. The molecule has 0 unspecified atom stereocenters. The van der Waals surface area contributed by atoms with E-state index in [4.69, 9.17) is 9.47 Å². The van der Waals surface area contributed by atoms with E-state index in [2.05, 4.69) is 10.6 Å². The molecule has 128 valence electrons. The zero-order valence-electron chi connectivity index (χ0n) is 14.1. The Kier molecular flexibility index (Phi) is 6.50. The fourth-order valence-corrected chi connectivity index (χ4v) is 2.74. The van der Waals surface area contributed by atoms with Gasteiger partial charge in [-0.05, 0) is 25.0 Å². The van der Waals surface area contributed by atoms with Crippen LogP contribution in [0.4, 0.5) is 5.69 Å². The maximum atomic E-state index is 12.2. The average Bonchev–Trinajstić information content (AvgIpc) is 2.62. The first-order valence-electron chi connectivity index (χ1n) is 8.07. The Balaban J connectivity index is 2.07. The quantitative estimate of drug-likeness (QED) is 0.619. The van der Waals surface area contributed by atoms with Crippen LogP contribution < -0.4 is 20.1 Å². The van der Waals surface area contributed by atoms with Crippen molar-refractivity contribution in [2.75, 3.05) is 19.5 Å². The van der Waals surface area contributed by atoms with Crippen LogP contribution in [0.25, 0.3) is 0 Å². The monoisotopic (exact) mass is 329 g/mol. The van der Waals surface area contributed by atoms with Crippen molar-refractivity contribution in [2.45, 2.75) is 38.1 Å². The number of nitrogens with zero attached hydrogens (tertiary/aromatic N) is 1. The van der Waals surface area contributed by atoms with Crippen molar-refractivity contribution in [1.82, 2.24) is 5.32 Å². The van der Waals surface area contributed by atoms with Crippen LogP contribution in [-0.4, -0.2) is 26.2 Å². The van der Waals surface area contributed by atoms with Crippen molar-refractivity contribution in [3.8, 4) is 17.6 Å². The number of ether oxygens (including phenoxy) is 2. The van der Waals surface area contributed by atoms with Gasteiger partial charge in [0.1, 0.15) is 23.1 Å². The molecule has 1 amide bonds. The molecule has 0 bridgehead atoms. The molecule has 1 aliphatic carbocycles. The molecule has 0 saturated heterocycles. The molecule has 0 atom stereocenters. The van der Waals surface area contributed by atoms with Crippen LogP contribution in [0.5, 0.6) is 11.5 Å². The average molecular weight is 329 g/mol. The largest absolute Gasteiger partial charge is 0.497 e. The predicted octanol–water partition coefficient (Wildman–Crippen LogP) is 2.97. The number of nitriles is 1. The van der Waals surface area contributed by atoms with Gasteiger partial charge in [-0.25, -0.2) is 0 Å². The van der Waals surface area contributed by atoms with E-state index >= 15 is 0 Å². The number of benzene rings is 1. The summed E-state index contributed by atoms with van der Waals surface area (Å²) in [5.74, 6) is 0.896. The van der Waals surface area contributed by atoms with Gasteiger partial charge in [0.2, 0.25) is 0 Å². The zero-order chi connectivity index (χ0) is 17.4. The SMILES string of the molecule is COc1ccc(OC)c(N/C=C(/C#N)C(=O)NC2CCCCC2)c1. The number of methoxy groups -OCH3 is 2. The molecule has 2 N–H and O–H groups in total. The lowest BCUT2D eigenvalue weighted by molar-refractivity contribution is -0.118. The fourth-order valence-electron chi connectivity index (χ4n) is 2.74. The number of amides is 1. The minimum absolute atomic E-state index is 0.0328. The third-order valence-electron chi connectivity index (χ3n) is 4.08. The first-order chi connectivity index (χ1) is 11.7. The molecule has 6 nitrogen and oxygen atoms in total. The lowest BCUT2D eigenvalue weighted by atomic mass is 9.95. The summed E-state index contributed by atoms with van der Waals surface area (Å²) in [6.07, 6.45) is 6.80. The Morgan fingerprint density at radius 2 is 2.00 bits per heavy atom. The van der Waals surface area contributed by atoms with Crippen LogP contribution >= 0.6 is 0 Å². The van der Waals surface area contributed by atoms with Gasteiger partial charge in [0.15, 0.2) is 0 Å². The molecule has 24 heavy (non-hydrogen) atoms. The zero-order valence-corrected chi connectivity index (χ0v) is 14.1. The summed E-state index contributed by atoms with van der Waals surface area (Å²) < 4.78 is 10.4. The summed E-state index contributed by atoms with van der Waals surface area (Å²) in [5.41, 5.74) is 0.653. The van der Waals surface area contributed by atoms with E-state index in [1.807, 2.05) is 6.07 Å². The molecule has 1 aliphatic rings. The van der Waals surface area contributed by atoms with Gasteiger partial charge in [-0.2, -0.15) is 5.26 Å². The van der Waals surface area contributed by atoms with Crippen LogP contribution in [0.3, 0.4) is 0 Å². The smallest absolute Gasteiger partial charge is 0.263 e. The second-order valence-corrected chi connectivity index (χ2v) is 5.69. The highest BCUT2D eigenvalue weighted by Crippen LogP contribution is 2.29. The van der Waals surface area contributed by atoms with Crippen LogP contribution in [0, 0.1) is 11.3 Å². The first kappa shape index (κ1) is 17.7. The summed E-state index contributed by atoms with van der Waals surface area (Å²) in [6.45, 7) is 0. The molecule has 1 aromatic carbocycles. The first-order valence-corrected chi connectivity index (χ1v) is 8.07. The Morgan fingerprint density at radius 1 is 1.25 bits per heavy atom. The van der Waals surface area contributed by atoms with E-state index in [9.17, 15) is 10.1 Å². The van der Waals surface area contributed by atoms with Crippen LogP contribution in [0.2, 0.25) is 0 Å².